The Morgan fingerprint density at radius 1 is 1.22 bits per heavy atom. The van der Waals surface area contributed by atoms with Crippen molar-refractivity contribution in [2.24, 2.45) is 17.2 Å². The first-order chi connectivity index (χ1) is 10.5. The number of amides is 1. The summed E-state index contributed by atoms with van der Waals surface area (Å²) in [6.45, 7) is -0.810. The van der Waals surface area contributed by atoms with E-state index in [9.17, 15) is 29.7 Å². The summed E-state index contributed by atoms with van der Waals surface area (Å²) in [4.78, 5) is 34.6. The fraction of sp³-hybridized carbons (Fsp3) is 0.750. The van der Waals surface area contributed by atoms with E-state index in [1.165, 1.54) is 0 Å². The van der Waals surface area contributed by atoms with Crippen LogP contribution in [0, 0.1) is 0 Å². The lowest BCUT2D eigenvalue weighted by Gasteiger charge is -2.45. The molecule has 0 aliphatic carbocycles. The summed E-state index contributed by atoms with van der Waals surface area (Å²) < 4.78 is 4.88. The SMILES string of the molecule is NC(=O)C[C@H](N)C(=O)CC(=O)C1(O)O[C@H](CO)[C@@H](O)[C@H](O)[C@H]1N. The van der Waals surface area contributed by atoms with E-state index in [4.69, 9.17) is 27.0 Å². The van der Waals surface area contributed by atoms with Gasteiger partial charge < -0.3 is 42.4 Å². The highest BCUT2D eigenvalue weighted by molar-refractivity contribution is 6.05. The van der Waals surface area contributed by atoms with Crippen LogP contribution in [0.1, 0.15) is 12.8 Å². The number of aliphatic hydroxyl groups is 4. The number of Topliss-reactive ketones (excluding diaryl/α,β-unsaturated/α-hetero) is 2. The summed E-state index contributed by atoms with van der Waals surface area (Å²) in [6, 6.07) is -3.10. The Bertz CT molecular complexity index is 485. The average molecular weight is 335 g/mol. The molecule has 132 valence electrons. The van der Waals surface area contributed by atoms with Gasteiger partial charge in [-0.2, -0.15) is 0 Å². The van der Waals surface area contributed by atoms with Gasteiger partial charge >= 0.3 is 0 Å². The van der Waals surface area contributed by atoms with Gasteiger partial charge in [-0.05, 0) is 0 Å². The molecule has 1 fully saturated rings. The van der Waals surface area contributed by atoms with Crippen molar-refractivity contribution in [2.75, 3.05) is 6.61 Å². The van der Waals surface area contributed by atoms with Crippen molar-refractivity contribution in [1.82, 2.24) is 0 Å². The molecule has 1 aliphatic rings. The predicted molar refractivity (Wildman–Crippen MR) is 73.3 cm³/mol. The van der Waals surface area contributed by atoms with Crippen LogP contribution in [0.3, 0.4) is 0 Å². The molecule has 1 amide bonds. The van der Waals surface area contributed by atoms with Crippen LogP contribution in [0.25, 0.3) is 0 Å². The molecule has 0 saturated carbocycles. The maximum atomic E-state index is 12.1. The number of aliphatic hydroxyl groups excluding tert-OH is 3. The second kappa shape index (κ2) is 7.40. The molecule has 1 unspecified atom stereocenters. The molecule has 0 aromatic carbocycles. The lowest BCUT2D eigenvalue weighted by Crippen LogP contribution is -2.71. The molecule has 11 nitrogen and oxygen atoms in total. The standard InChI is InChI=1S/C12H21N3O8/c13-4(1-8(14)19)5(17)2-7(18)12(22)11(15)10(21)9(20)6(3-16)23-12/h4,6,9-11,16,20-22H,1-3,13,15H2,(H2,14,19)/t4-,6+,9+,10-,11+,12?/m0/s1. The van der Waals surface area contributed by atoms with Gasteiger partial charge in [-0.25, -0.2) is 0 Å². The Morgan fingerprint density at radius 3 is 2.26 bits per heavy atom. The maximum absolute atomic E-state index is 12.1. The van der Waals surface area contributed by atoms with Crippen molar-refractivity contribution in [3.8, 4) is 0 Å². The molecular weight excluding hydrogens is 314 g/mol. The summed E-state index contributed by atoms with van der Waals surface area (Å²) in [7, 11) is 0. The smallest absolute Gasteiger partial charge is 0.245 e. The molecule has 0 aromatic heterocycles. The van der Waals surface area contributed by atoms with E-state index in [1.54, 1.807) is 0 Å². The molecule has 0 aromatic rings. The molecule has 10 N–H and O–H groups in total. The maximum Gasteiger partial charge on any atom is 0.245 e. The minimum atomic E-state index is -2.80. The van der Waals surface area contributed by atoms with Crippen LogP contribution in [-0.2, 0) is 19.1 Å². The summed E-state index contributed by atoms with van der Waals surface area (Å²) >= 11 is 0. The van der Waals surface area contributed by atoms with Gasteiger partial charge in [0, 0.05) is 6.42 Å². The number of hydrogen-bond donors (Lipinski definition) is 7. The van der Waals surface area contributed by atoms with Crippen molar-refractivity contribution >= 4 is 17.5 Å². The van der Waals surface area contributed by atoms with E-state index >= 15 is 0 Å². The Kier molecular flexibility index (Phi) is 6.30. The molecule has 1 rings (SSSR count). The average Bonchev–Trinajstić information content (AvgIpc) is 2.47. The fourth-order valence-corrected chi connectivity index (χ4v) is 2.19. The highest BCUT2D eigenvalue weighted by atomic mass is 16.7. The van der Waals surface area contributed by atoms with Gasteiger partial charge in [-0.1, -0.05) is 0 Å². The van der Waals surface area contributed by atoms with E-state index in [1.807, 2.05) is 0 Å². The monoisotopic (exact) mass is 335 g/mol. The number of carbonyl (C=O) groups excluding carboxylic acids is 3. The Labute approximate surface area is 131 Å². The molecule has 0 bridgehead atoms. The summed E-state index contributed by atoms with van der Waals surface area (Å²) in [5.74, 6) is -5.76. The predicted octanol–water partition coefficient (Wildman–Crippen LogP) is -5.15. The minimum absolute atomic E-state index is 0.488. The van der Waals surface area contributed by atoms with Crippen molar-refractivity contribution in [3.63, 3.8) is 0 Å². The van der Waals surface area contributed by atoms with Crippen LogP contribution < -0.4 is 17.2 Å². The normalized spacial score (nSPS) is 35.6. The van der Waals surface area contributed by atoms with Gasteiger partial charge in [0.15, 0.2) is 5.78 Å². The van der Waals surface area contributed by atoms with Crippen LogP contribution in [0.4, 0.5) is 0 Å². The quantitative estimate of drug-likeness (QED) is 0.219. The van der Waals surface area contributed by atoms with Gasteiger partial charge in [0.2, 0.25) is 17.5 Å². The van der Waals surface area contributed by atoms with Crippen LogP contribution >= 0.6 is 0 Å². The fourth-order valence-electron chi connectivity index (χ4n) is 2.19. The molecule has 1 aliphatic heterocycles. The van der Waals surface area contributed by atoms with Crippen LogP contribution in [0.15, 0.2) is 0 Å². The lowest BCUT2D eigenvalue weighted by atomic mass is 9.86. The highest BCUT2D eigenvalue weighted by Gasteiger charge is 2.55. The number of ether oxygens (including phenoxy) is 1. The summed E-state index contributed by atoms with van der Waals surface area (Å²) in [5.41, 5.74) is 15.8. The van der Waals surface area contributed by atoms with Crippen LogP contribution in [0.5, 0.6) is 0 Å². The lowest BCUT2D eigenvalue weighted by molar-refractivity contribution is -0.297. The van der Waals surface area contributed by atoms with Crippen molar-refractivity contribution in [3.05, 3.63) is 0 Å². The molecule has 11 heteroatoms. The van der Waals surface area contributed by atoms with Crippen LogP contribution in [0.2, 0.25) is 0 Å². The third-order valence-electron chi connectivity index (χ3n) is 3.63. The van der Waals surface area contributed by atoms with E-state index in [2.05, 4.69) is 0 Å². The van der Waals surface area contributed by atoms with E-state index in [0.29, 0.717) is 0 Å². The first kappa shape index (κ1) is 19.6. The number of primary amides is 1. The van der Waals surface area contributed by atoms with Gasteiger partial charge in [0.05, 0.1) is 25.1 Å². The molecule has 0 spiro atoms. The zero-order valence-electron chi connectivity index (χ0n) is 12.2. The van der Waals surface area contributed by atoms with E-state index in [0.717, 1.165) is 0 Å². The largest absolute Gasteiger partial charge is 0.394 e. The van der Waals surface area contributed by atoms with Crippen molar-refractivity contribution in [2.45, 2.75) is 49.0 Å². The molecule has 1 saturated heterocycles. The zero-order chi connectivity index (χ0) is 17.9. The number of nitrogens with two attached hydrogens (primary N) is 3. The van der Waals surface area contributed by atoms with E-state index in [-0.39, 0.29) is 0 Å². The van der Waals surface area contributed by atoms with E-state index < -0.39 is 73.1 Å². The Balaban J connectivity index is 2.87. The summed E-state index contributed by atoms with van der Waals surface area (Å²) in [6.07, 6.45) is -6.30. The zero-order valence-corrected chi connectivity index (χ0v) is 12.2. The first-order valence-electron chi connectivity index (χ1n) is 6.77. The third-order valence-corrected chi connectivity index (χ3v) is 3.63. The summed E-state index contributed by atoms with van der Waals surface area (Å²) in [5, 5.41) is 38.7. The second-order valence-corrected chi connectivity index (χ2v) is 5.39. The number of ketones is 2. The highest BCUT2D eigenvalue weighted by Crippen LogP contribution is 2.28. The van der Waals surface area contributed by atoms with Gasteiger partial charge in [0.25, 0.3) is 0 Å². The molecular formula is C12H21N3O8. The number of hydrogen-bond acceptors (Lipinski definition) is 10. The van der Waals surface area contributed by atoms with Gasteiger partial charge in [-0.3, -0.25) is 14.4 Å². The Hall–Kier alpha value is -1.47. The minimum Gasteiger partial charge on any atom is -0.394 e. The number of carbonyl (C=O) groups is 3. The number of rotatable bonds is 7. The Morgan fingerprint density at radius 2 is 1.78 bits per heavy atom. The molecule has 1 heterocycles. The third kappa shape index (κ3) is 4.09. The topological polar surface area (TPSA) is 219 Å². The van der Waals surface area contributed by atoms with Gasteiger partial charge in [0.1, 0.15) is 18.3 Å². The molecule has 6 atom stereocenters. The molecule has 23 heavy (non-hydrogen) atoms. The molecule has 0 radical (unpaired) electrons. The van der Waals surface area contributed by atoms with Crippen molar-refractivity contribution < 1.29 is 39.5 Å². The van der Waals surface area contributed by atoms with Crippen LogP contribution in [-0.4, -0.2) is 80.7 Å². The van der Waals surface area contributed by atoms with Crippen molar-refractivity contribution in [1.29, 1.82) is 0 Å². The van der Waals surface area contributed by atoms with Gasteiger partial charge in [-0.15, -0.1) is 0 Å². The first-order valence-corrected chi connectivity index (χ1v) is 6.77. The second-order valence-electron chi connectivity index (χ2n) is 5.39.